The molecular formula is C16H15F3N2O3. The van der Waals surface area contributed by atoms with Gasteiger partial charge in [0.05, 0.1) is 23.6 Å². The maximum atomic E-state index is 12.7. The van der Waals surface area contributed by atoms with Crippen molar-refractivity contribution in [1.82, 2.24) is 0 Å². The minimum Gasteiger partial charge on any atom is -0.496 e. The Morgan fingerprint density at radius 3 is 2.46 bits per heavy atom. The minimum absolute atomic E-state index is 0.00593. The number of ether oxygens (including phenoxy) is 1. The number of nitro benzene ring substituents is 1. The predicted octanol–water partition coefficient (Wildman–Crippen LogP) is 4.80. The predicted molar refractivity (Wildman–Crippen MR) is 83.1 cm³/mol. The summed E-state index contributed by atoms with van der Waals surface area (Å²) in [6.45, 7) is 1.74. The Labute approximate surface area is 136 Å². The third-order valence-corrected chi connectivity index (χ3v) is 3.50. The Hall–Kier alpha value is -2.77. The van der Waals surface area contributed by atoms with Crippen molar-refractivity contribution < 1.29 is 22.8 Å². The molecular weight excluding hydrogens is 325 g/mol. The highest BCUT2D eigenvalue weighted by Crippen LogP contribution is 2.37. The molecule has 2 aromatic carbocycles. The first-order chi connectivity index (χ1) is 11.2. The number of hydrogen-bond acceptors (Lipinski definition) is 4. The van der Waals surface area contributed by atoms with Crippen molar-refractivity contribution in [3.63, 3.8) is 0 Å². The Balaban J connectivity index is 2.37. The quantitative estimate of drug-likeness (QED) is 0.627. The smallest absolute Gasteiger partial charge is 0.416 e. The number of nitrogens with one attached hydrogen (secondary N) is 1. The van der Waals surface area contributed by atoms with Gasteiger partial charge >= 0.3 is 6.18 Å². The van der Waals surface area contributed by atoms with Gasteiger partial charge in [-0.2, -0.15) is 13.2 Å². The minimum atomic E-state index is -4.64. The van der Waals surface area contributed by atoms with E-state index >= 15 is 0 Å². The summed E-state index contributed by atoms with van der Waals surface area (Å²) >= 11 is 0. The van der Waals surface area contributed by atoms with E-state index in [1.54, 1.807) is 31.2 Å². The van der Waals surface area contributed by atoms with Crippen molar-refractivity contribution in [3.05, 3.63) is 63.7 Å². The van der Waals surface area contributed by atoms with E-state index in [9.17, 15) is 23.3 Å². The number of halogens is 3. The molecule has 2 rings (SSSR count). The van der Waals surface area contributed by atoms with E-state index in [-0.39, 0.29) is 5.69 Å². The number of rotatable bonds is 5. The molecule has 0 spiro atoms. The van der Waals surface area contributed by atoms with Gasteiger partial charge in [-0.1, -0.05) is 18.2 Å². The molecule has 2 aromatic rings. The molecule has 0 aromatic heterocycles. The Morgan fingerprint density at radius 1 is 1.21 bits per heavy atom. The highest BCUT2D eigenvalue weighted by molar-refractivity contribution is 5.64. The molecule has 0 unspecified atom stereocenters. The second-order valence-corrected chi connectivity index (χ2v) is 5.09. The number of anilines is 1. The first kappa shape index (κ1) is 17.6. The summed E-state index contributed by atoms with van der Waals surface area (Å²) in [6.07, 6.45) is -4.64. The molecule has 0 bridgehead atoms. The van der Waals surface area contributed by atoms with Crippen LogP contribution in [0.15, 0.2) is 42.5 Å². The molecule has 0 fully saturated rings. The van der Waals surface area contributed by atoms with Gasteiger partial charge in [0.25, 0.3) is 5.69 Å². The van der Waals surface area contributed by atoms with Gasteiger partial charge in [0, 0.05) is 11.6 Å². The van der Waals surface area contributed by atoms with Crippen LogP contribution in [0.1, 0.15) is 24.1 Å². The maximum Gasteiger partial charge on any atom is 0.416 e. The van der Waals surface area contributed by atoms with E-state index in [4.69, 9.17) is 4.74 Å². The van der Waals surface area contributed by atoms with Gasteiger partial charge < -0.3 is 10.1 Å². The van der Waals surface area contributed by atoms with Gasteiger partial charge in [-0.25, -0.2) is 0 Å². The van der Waals surface area contributed by atoms with E-state index < -0.39 is 28.4 Å². The zero-order chi connectivity index (χ0) is 17.9. The third kappa shape index (κ3) is 3.76. The molecule has 1 atom stereocenters. The van der Waals surface area contributed by atoms with Gasteiger partial charge in [0.15, 0.2) is 0 Å². The highest BCUT2D eigenvalue weighted by Gasteiger charge is 2.33. The van der Waals surface area contributed by atoms with Crippen LogP contribution in [0.5, 0.6) is 5.75 Å². The lowest BCUT2D eigenvalue weighted by molar-refractivity contribution is -0.384. The molecule has 0 radical (unpaired) electrons. The number of alkyl halides is 3. The van der Waals surface area contributed by atoms with Crippen LogP contribution < -0.4 is 10.1 Å². The fourth-order valence-corrected chi connectivity index (χ4v) is 2.32. The molecule has 1 N–H and O–H groups in total. The van der Waals surface area contributed by atoms with Crippen molar-refractivity contribution in [2.45, 2.75) is 19.1 Å². The topological polar surface area (TPSA) is 64.4 Å². The van der Waals surface area contributed by atoms with E-state index in [1.165, 1.54) is 7.11 Å². The van der Waals surface area contributed by atoms with Gasteiger partial charge in [-0.05, 0) is 25.1 Å². The molecule has 0 aliphatic rings. The molecule has 0 saturated carbocycles. The molecule has 0 amide bonds. The van der Waals surface area contributed by atoms with E-state index in [0.717, 1.165) is 17.7 Å². The average molecular weight is 340 g/mol. The molecule has 0 saturated heterocycles. The Bertz CT molecular complexity index is 748. The molecule has 0 aliphatic carbocycles. The van der Waals surface area contributed by atoms with Gasteiger partial charge in [-0.15, -0.1) is 0 Å². The number of nitro groups is 1. The fraction of sp³-hybridized carbons (Fsp3) is 0.250. The zero-order valence-electron chi connectivity index (χ0n) is 12.9. The van der Waals surface area contributed by atoms with Crippen molar-refractivity contribution in [2.75, 3.05) is 12.4 Å². The number of para-hydroxylation sites is 1. The van der Waals surface area contributed by atoms with Crippen LogP contribution in [-0.4, -0.2) is 12.0 Å². The lowest BCUT2D eigenvalue weighted by atomic mass is 10.1. The summed E-state index contributed by atoms with van der Waals surface area (Å²) in [4.78, 5) is 10.3. The summed E-state index contributed by atoms with van der Waals surface area (Å²) in [7, 11) is 1.49. The zero-order valence-corrected chi connectivity index (χ0v) is 12.9. The SMILES string of the molecule is COc1ccccc1[C@H](C)Nc1ccc(C(F)(F)F)cc1[N+](=O)[O-]. The lowest BCUT2D eigenvalue weighted by Crippen LogP contribution is -2.11. The Kier molecular flexibility index (Phi) is 4.96. The first-order valence-corrected chi connectivity index (χ1v) is 6.99. The number of methoxy groups -OCH3 is 1. The largest absolute Gasteiger partial charge is 0.496 e. The van der Waals surface area contributed by atoms with Crippen LogP contribution in [0.3, 0.4) is 0 Å². The van der Waals surface area contributed by atoms with Crippen LogP contribution in [0.25, 0.3) is 0 Å². The normalized spacial score (nSPS) is 12.5. The fourth-order valence-electron chi connectivity index (χ4n) is 2.32. The van der Waals surface area contributed by atoms with Crippen molar-refractivity contribution in [3.8, 4) is 5.75 Å². The van der Waals surface area contributed by atoms with Crippen molar-refractivity contribution >= 4 is 11.4 Å². The van der Waals surface area contributed by atoms with Crippen LogP contribution in [0.4, 0.5) is 24.5 Å². The standard InChI is InChI=1S/C16H15F3N2O3/c1-10(12-5-3-4-6-15(12)24-2)20-13-8-7-11(16(17,18)19)9-14(13)21(22)23/h3-10,20H,1-2H3/t10-/m0/s1. The second kappa shape index (κ2) is 6.77. The molecule has 24 heavy (non-hydrogen) atoms. The molecule has 5 nitrogen and oxygen atoms in total. The average Bonchev–Trinajstić information content (AvgIpc) is 2.53. The van der Waals surface area contributed by atoms with Crippen LogP contribution in [-0.2, 0) is 6.18 Å². The number of benzene rings is 2. The summed E-state index contributed by atoms with van der Waals surface area (Å²) < 4.78 is 43.4. The molecule has 8 heteroatoms. The first-order valence-electron chi connectivity index (χ1n) is 6.99. The number of hydrogen-bond donors (Lipinski definition) is 1. The lowest BCUT2D eigenvalue weighted by Gasteiger charge is -2.18. The van der Waals surface area contributed by atoms with Crippen LogP contribution in [0, 0.1) is 10.1 Å². The van der Waals surface area contributed by atoms with Crippen LogP contribution in [0.2, 0.25) is 0 Å². The van der Waals surface area contributed by atoms with Gasteiger partial charge in [0.2, 0.25) is 0 Å². The molecule has 128 valence electrons. The highest BCUT2D eigenvalue weighted by atomic mass is 19.4. The van der Waals surface area contributed by atoms with E-state index in [1.807, 2.05) is 0 Å². The summed E-state index contributed by atoms with van der Waals surface area (Å²) in [6, 6.07) is 9.04. The van der Waals surface area contributed by atoms with Crippen molar-refractivity contribution in [1.29, 1.82) is 0 Å². The summed E-state index contributed by atoms with van der Waals surface area (Å²) in [5.74, 6) is 0.576. The van der Waals surface area contributed by atoms with E-state index in [0.29, 0.717) is 11.8 Å². The summed E-state index contributed by atoms with van der Waals surface area (Å²) in [5, 5.41) is 14.0. The summed E-state index contributed by atoms with van der Waals surface area (Å²) in [5.41, 5.74) is -0.961. The van der Waals surface area contributed by atoms with Gasteiger partial charge in [0.1, 0.15) is 11.4 Å². The Morgan fingerprint density at radius 2 is 1.88 bits per heavy atom. The van der Waals surface area contributed by atoms with Gasteiger partial charge in [-0.3, -0.25) is 10.1 Å². The second-order valence-electron chi connectivity index (χ2n) is 5.09. The molecule has 0 aliphatic heterocycles. The monoisotopic (exact) mass is 340 g/mol. The third-order valence-electron chi connectivity index (χ3n) is 3.50. The number of nitrogens with zero attached hydrogens (tertiary/aromatic N) is 1. The van der Waals surface area contributed by atoms with Crippen LogP contribution >= 0.6 is 0 Å². The molecule has 0 heterocycles. The van der Waals surface area contributed by atoms with E-state index in [2.05, 4.69) is 5.32 Å². The maximum absolute atomic E-state index is 12.7. The van der Waals surface area contributed by atoms with Crippen molar-refractivity contribution in [2.24, 2.45) is 0 Å².